The van der Waals surface area contributed by atoms with Crippen LogP contribution in [0, 0.1) is 0 Å². The molecular formula is C19H28F3N3O2. The van der Waals surface area contributed by atoms with Crippen molar-refractivity contribution in [1.29, 1.82) is 0 Å². The first-order valence-corrected chi connectivity index (χ1v) is 9.20. The Morgan fingerprint density at radius 3 is 2.37 bits per heavy atom. The van der Waals surface area contributed by atoms with Gasteiger partial charge in [0.2, 0.25) is 0 Å². The van der Waals surface area contributed by atoms with Crippen molar-refractivity contribution in [2.45, 2.75) is 45.2 Å². The van der Waals surface area contributed by atoms with Crippen LogP contribution in [-0.4, -0.2) is 56.5 Å². The standard InChI is InChI=1S/C19H28F3N3O2/c1-3-27-17-8-10-25(11-9-17)18(23-2)24-12-15-4-6-16(7-5-15)13-26-14-19(20,21)22/h4-7,17H,3,8-14H2,1-2H3,(H,23,24). The number of nitrogens with one attached hydrogen (secondary N) is 1. The van der Waals surface area contributed by atoms with Gasteiger partial charge in [0, 0.05) is 33.3 Å². The molecule has 1 saturated heterocycles. The number of rotatable bonds is 7. The fraction of sp³-hybridized carbons (Fsp3) is 0.632. The molecule has 1 aromatic rings. The number of hydrogen-bond acceptors (Lipinski definition) is 3. The monoisotopic (exact) mass is 387 g/mol. The van der Waals surface area contributed by atoms with E-state index in [1.807, 2.05) is 19.1 Å². The van der Waals surface area contributed by atoms with Gasteiger partial charge in [0.1, 0.15) is 6.61 Å². The lowest BCUT2D eigenvalue weighted by molar-refractivity contribution is -0.176. The summed E-state index contributed by atoms with van der Waals surface area (Å²) in [6.45, 7) is 3.88. The number of alkyl halides is 3. The second-order valence-electron chi connectivity index (χ2n) is 6.47. The van der Waals surface area contributed by atoms with E-state index < -0.39 is 12.8 Å². The highest BCUT2D eigenvalue weighted by atomic mass is 19.4. The molecule has 0 atom stereocenters. The van der Waals surface area contributed by atoms with Gasteiger partial charge in [0.25, 0.3) is 0 Å². The van der Waals surface area contributed by atoms with Gasteiger partial charge in [0.15, 0.2) is 5.96 Å². The molecule has 1 fully saturated rings. The van der Waals surface area contributed by atoms with Crippen molar-refractivity contribution < 1.29 is 22.6 Å². The lowest BCUT2D eigenvalue weighted by Gasteiger charge is -2.34. The van der Waals surface area contributed by atoms with Gasteiger partial charge in [-0.2, -0.15) is 13.2 Å². The third kappa shape index (κ3) is 7.76. The van der Waals surface area contributed by atoms with Crippen LogP contribution in [0.2, 0.25) is 0 Å². The van der Waals surface area contributed by atoms with Gasteiger partial charge in [-0.25, -0.2) is 0 Å². The minimum absolute atomic E-state index is 0.0519. The maximum atomic E-state index is 12.1. The number of hydrogen-bond donors (Lipinski definition) is 1. The van der Waals surface area contributed by atoms with Crippen molar-refractivity contribution in [1.82, 2.24) is 10.2 Å². The molecular weight excluding hydrogens is 359 g/mol. The molecule has 0 amide bonds. The first-order chi connectivity index (χ1) is 12.9. The van der Waals surface area contributed by atoms with Gasteiger partial charge in [-0.05, 0) is 30.9 Å². The topological polar surface area (TPSA) is 46.1 Å². The fourth-order valence-electron chi connectivity index (χ4n) is 3.02. The fourth-order valence-corrected chi connectivity index (χ4v) is 3.02. The van der Waals surface area contributed by atoms with E-state index >= 15 is 0 Å². The van der Waals surface area contributed by atoms with Crippen molar-refractivity contribution in [3.8, 4) is 0 Å². The Balaban J connectivity index is 1.76. The van der Waals surface area contributed by atoms with Crippen LogP contribution in [0.3, 0.4) is 0 Å². The Hall–Kier alpha value is -1.80. The summed E-state index contributed by atoms with van der Waals surface area (Å²) in [5, 5.41) is 3.34. The number of ether oxygens (including phenoxy) is 2. The van der Waals surface area contributed by atoms with E-state index in [9.17, 15) is 13.2 Å². The summed E-state index contributed by atoms with van der Waals surface area (Å²) in [4.78, 5) is 6.56. The van der Waals surface area contributed by atoms with Crippen LogP contribution in [-0.2, 0) is 22.6 Å². The van der Waals surface area contributed by atoms with Crippen molar-refractivity contribution in [2.24, 2.45) is 4.99 Å². The smallest absolute Gasteiger partial charge is 0.378 e. The number of halogens is 3. The average molecular weight is 387 g/mol. The second-order valence-corrected chi connectivity index (χ2v) is 6.47. The SMILES string of the molecule is CCOC1CCN(C(=NC)NCc2ccc(COCC(F)(F)F)cc2)CC1. The van der Waals surface area contributed by atoms with E-state index in [2.05, 4.69) is 19.9 Å². The zero-order valence-electron chi connectivity index (χ0n) is 15.9. The van der Waals surface area contributed by atoms with Gasteiger partial charge < -0.3 is 19.7 Å². The van der Waals surface area contributed by atoms with Crippen LogP contribution < -0.4 is 5.32 Å². The zero-order valence-corrected chi connectivity index (χ0v) is 15.9. The molecule has 1 aliphatic rings. The Kier molecular flexibility index (Phi) is 8.37. The summed E-state index contributed by atoms with van der Waals surface area (Å²) in [7, 11) is 1.76. The molecule has 0 radical (unpaired) electrons. The molecule has 5 nitrogen and oxygen atoms in total. The summed E-state index contributed by atoms with van der Waals surface area (Å²) in [5.74, 6) is 0.850. The molecule has 1 aromatic carbocycles. The van der Waals surface area contributed by atoms with Crippen LogP contribution in [0.4, 0.5) is 13.2 Å². The molecule has 0 bridgehead atoms. The van der Waals surface area contributed by atoms with Gasteiger partial charge in [-0.3, -0.25) is 4.99 Å². The van der Waals surface area contributed by atoms with Gasteiger partial charge in [-0.1, -0.05) is 24.3 Å². The van der Waals surface area contributed by atoms with Gasteiger partial charge in [0.05, 0.1) is 12.7 Å². The quantitative estimate of drug-likeness (QED) is 0.576. The van der Waals surface area contributed by atoms with E-state index in [0.717, 1.165) is 44.1 Å². The predicted molar refractivity (Wildman–Crippen MR) is 98.6 cm³/mol. The molecule has 1 N–H and O–H groups in total. The molecule has 27 heavy (non-hydrogen) atoms. The van der Waals surface area contributed by atoms with Crippen LogP contribution in [0.1, 0.15) is 30.9 Å². The van der Waals surface area contributed by atoms with Crippen molar-refractivity contribution in [2.75, 3.05) is 33.4 Å². The molecule has 1 aliphatic heterocycles. The number of benzene rings is 1. The number of guanidine groups is 1. The lowest BCUT2D eigenvalue weighted by atomic mass is 10.1. The van der Waals surface area contributed by atoms with Gasteiger partial charge in [-0.15, -0.1) is 0 Å². The Bertz CT molecular complexity index is 583. The third-order valence-electron chi connectivity index (χ3n) is 4.36. The highest BCUT2D eigenvalue weighted by Crippen LogP contribution is 2.16. The minimum atomic E-state index is -4.29. The number of piperidine rings is 1. The summed E-state index contributed by atoms with van der Waals surface area (Å²) >= 11 is 0. The van der Waals surface area contributed by atoms with E-state index in [1.165, 1.54) is 0 Å². The zero-order chi connectivity index (χ0) is 19.7. The number of aliphatic imine (C=N–C) groups is 1. The molecule has 152 valence electrons. The highest BCUT2D eigenvalue weighted by Gasteiger charge is 2.27. The number of nitrogens with zero attached hydrogens (tertiary/aromatic N) is 2. The first-order valence-electron chi connectivity index (χ1n) is 9.20. The Morgan fingerprint density at radius 2 is 1.81 bits per heavy atom. The summed E-state index contributed by atoms with van der Waals surface area (Å²) in [5.41, 5.74) is 1.74. The van der Waals surface area contributed by atoms with E-state index in [1.54, 1.807) is 19.2 Å². The number of likely N-dealkylation sites (tertiary alicyclic amines) is 1. The van der Waals surface area contributed by atoms with Crippen LogP contribution >= 0.6 is 0 Å². The lowest BCUT2D eigenvalue weighted by Crippen LogP contribution is -2.46. The second kappa shape index (κ2) is 10.5. The van der Waals surface area contributed by atoms with Crippen LogP contribution in [0.15, 0.2) is 29.3 Å². The highest BCUT2D eigenvalue weighted by molar-refractivity contribution is 5.79. The minimum Gasteiger partial charge on any atom is -0.378 e. The predicted octanol–water partition coefficient (Wildman–Crippen LogP) is 3.34. The van der Waals surface area contributed by atoms with Crippen LogP contribution in [0.5, 0.6) is 0 Å². The van der Waals surface area contributed by atoms with E-state index in [0.29, 0.717) is 18.2 Å². The molecule has 0 aliphatic carbocycles. The molecule has 0 aromatic heterocycles. The average Bonchev–Trinajstić information content (AvgIpc) is 2.64. The van der Waals surface area contributed by atoms with Crippen LogP contribution in [0.25, 0.3) is 0 Å². The molecule has 2 rings (SSSR count). The van der Waals surface area contributed by atoms with Gasteiger partial charge >= 0.3 is 6.18 Å². The molecule has 8 heteroatoms. The van der Waals surface area contributed by atoms with E-state index in [4.69, 9.17) is 4.74 Å². The Morgan fingerprint density at radius 1 is 1.19 bits per heavy atom. The third-order valence-corrected chi connectivity index (χ3v) is 4.36. The van der Waals surface area contributed by atoms with E-state index in [-0.39, 0.29) is 6.61 Å². The molecule has 0 spiro atoms. The first kappa shape index (κ1) is 21.5. The molecule has 0 saturated carbocycles. The summed E-state index contributed by atoms with van der Waals surface area (Å²) in [6.07, 6.45) is -1.99. The summed E-state index contributed by atoms with van der Waals surface area (Å²) < 4.78 is 46.6. The normalized spacial score (nSPS) is 16.6. The maximum absolute atomic E-state index is 12.1. The van der Waals surface area contributed by atoms with Crippen molar-refractivity contribution in [3.63, 3.8) is 0 Å². The largest absolute Gasteiger partial charge is 0.411 e. The van der Waals surface area contributed by atoms with Crippen molar-refractivity contribution in [3.05, 3.63) is 35.4 Å². The molecule has 1 heterocycles. The summed E-state index contributed by atoms with van der Waals surface area (Å²) in [6, 6.07) is 7.33. The maximum Gasteiger partial charge on any atom is 0.411 e. The Labute approximate surface area is 158 Å². The van der Waals surface area contributed by atoms with Crippen molar-refractivity contribution >= 4 is 5.96 Å². The molecule has 0 unspecified atom stereocenters.